The first kappa shape index (κ1) is 21.7. The van der Waals surface area contributed by atoms with Gasteiger partial charge in [0.05, 0.1) is 0 Å². The van der Waals surface area contributed by atoms with E-state index in [1.807, 2.05) is 0 Å². The third kappa shape index (κ3) is 5.33. The van der Waals surface area contributed by atoms with Crippen molar-refractivity contribution >= 4 is 0 Å². The maximum absolute atomic E-state index is 2.62. The fraction of sp³-hybridized carbons (Fsp3) is 1.00. The second-order valence-electron chi connectivity index (χ2n) is 12.7. The highest BCUT2D eigenvalue weighted by Gasteiger charge is 2.41. The summed E-state index contributed by atoms with van der Waals surface area (Å²) >= 11 is 0. The van der Waals surface area contributed by atoms with Gasteiger partial charge in [-0.05, 0) is 97.2 Å². The Bertz CT molecular complexity index is 443. The normalized spacial score (nSPS) is 42.1. The van der Waals surface area contributed by atoms with Crippen LogP contribution in [0.5, 0.6) is 0 Å². The van der Waals surface area contributed by atoms with Crippen molar-refractivity contribution in [2.75, 3.05) is 0 Å². The van der Waals surface area contributed by atoms with Crippen LogP contribution in [0.1, 0.15) is 113 Å². The van der Waals surface area contributed by atoms with Gasteiger partial charge < -0.3 is 0 Å². The highest BCUT2D eigenvalue weighted by molar-refractivity contribution is 4.91. The quantitative estimate of drug-likeness (QED) is 0.436. The molecule has 3 rings (SSSR count). The van der Waals surface area contributed by atoms with E-state index in [1.165, 1.54) is 38.5 Å². The van der Waals surface area contributed by atoms with Crippen molar-refractivity contribution in [2.24, 2.45) is 58.7 Å². The van der Waals surface area contributed by atoms with Gasteiger partial charge in [0.15, 0.2) is 0 Å². The summed E-state index contributed by atoms with van der Waals surface area (Å²) in [7, 11) is 0. The summed E-state index contributed by atoms with van der Waals surface area (Å²) in [5.74, 6) is 9.02. The summed E-state index contributed by atoms with van der Waals surface area (Å²) in [6, 6.07) is 0. The zero-order valence-corrected chi connectivity index (χ0v) is 19.8. The predicted molar refractivity (Wildman–Crippen MR) is 120 cm³/mol. The number of fused-ring (bicyclic) bond motifs is 1. The maximum Gasteiger partial charge on any atom is -0.0355 e. The van der Waals surface area contributed by atoms with Gasteiger partial charge in [-0.15, -0.1) is 0 Å². The average Bonchev–Trinajstić information content (AvgIpc) is 3.10. The van der Waals surface area contributed by atoms with E-state index in [0.29, 0.717) is 5.41 Å². The van der Waals surface area contributed by atoms with Crippen molar-refractivity contribution in [1.82, 2.24) is 0 Å². The van der Waals surface area contributed by atoms with E-state index in [2.05, 4.69) is 48.5 Å². The molecule has 27 heavy (non-hydrogen) atoms. The number of hydrogen-bond donors (Lipinski definition) is 0. The molecule has 0 aromatic carbocycles. The topological polar surface area (TPSA) is 0 Å². The summed E-state index contributed by atoms with van der Waals surface area (Å²) in [5.41, 5.74) is 0.462. The molecule has 0 nitrogen and oxygen atoms in total. The Morgan fingerprint density at radius 1 is 0.889 bits per heavy atom. The lowest BCUT2D eigenvalue weighted by Crippen LogP contribution is -2.34. The molecule has 0 N–H and O–H groups in total. The highest BCUT2D eigenvalue weighted by Crippen LogP contribution is 2.51. The summed E-state index contributed by atoms with van der Waals surface area (Å²) in [4.78, 5) is 0. The molecule has 158 valence electrons. The van der Waals surface area contributed by atoms with Crippen molar-refractivity contribution in [3.63, 3.8) is 0 Å². The smallest absolute Gasteiger partial charge is 0.0355 e. The molecule has 3 saturated carbocycles. The summed E-state index contributed by atoms with van der Waals surface area (Å²) in [6.45, 7) is 17.5. The zero-order valence-electron chi connectivity index (χ0n) is 19.8. The average molecular weight is 375 g/mol. The molecule has 0 radical (unpaired) electrons. The molecule has 0 bridgehead atoms. The number of rotatable bonds is 6. The molecule has 0 aromatic rings. The molecule has 0 heterocycles. The largest absolute Gasteiger partial charge is 0.0625 e. The molecular formula is C27H50. The molecule has 0 heteroatoms. The zero-order chi connectivity index (χ0) is 19.8. The molecule has 0 amide bonds. The summed E-state index contributed by atoms with van der Waals surface area (Å²) in [6.07, 6.45) is 15.2. The van der Waals surface area contributed by atoms with E-state index in [0.717, 1.165) is 53.3 Å². The van der Waals surface area contributed by atoms with Gasteiger partial charge in [0.1, 0.15) is 0 Å². The van der Waals surface area contributed by atoms with Gasteiger partial charge in [0.25, 0.3) is 0 Å². The van der Waals surface area contributed by atoms with E-state index in [-0.39, 0.29) is 0 Å². The van der Waals surface area contributed by atoms with Gasteiger partial charge >= 0.3 is 0 Å². The summed E-state index contributed by atoms with van der Waals surface area (Å²) < 4.78 is 0. The van der Waals surface area contributed by atoms with Crippen LogP contribution in [0.3, 0.4) is 0 Å². The molecular weight excluding hydrogens is 324 g/mol. The first-order valence-corrected chi connectivity index (χ1v) is 12.6. The Balaban J connectivity index is 1.51. The minimum atomic E-state index is 0.462. The Morgan fingerprint density at radius 2 is 1.52 bits per heavy atom. The monoisotopic (exact) mass is 374 g/mol. The molecule has 3 aliphatic rings. The van der Waals surface area contributed by atoms with Crippen LogP contribution in [0.4, 0.5) is 0 Å². The van der Waals surface area contributed by atoms with Gasteiger partial charge in [0.2, 0.25) is 0 Å². The van der Waals surface area contributed by atoms with Gasteiger partial charge in [-0.1, -0.05) is 74.1 Å². The Kier molecular flexibility index (Phi) is 7.06. The minimum absolute atomic E-state index is 0.462. The first-order valence-electron chi connectivity index (χ1n) is 12.6. The molecule has 7 atom stereocenters. The van der Waals surface area contributed by atoms with Crippen LogP contribution in [0.15, 0.2) is 0 Å². The van der Waals surface area contributed by atoms with Crippen LogP contribution >= 0.6 is 0 Å². The Hall–Kier alpha value is 0. The molecule has 3 aliphatic carbocycles. The van der Waals surface area contributed by atoms with E-state index in [1.54, 1.807) is 25.7 Å². The lowest BCUT2D eigenvalue weighted by atomic mass is 9.62. The van der Waals surface area contributed by atoms with Crippen LogP contribution in [-0.4, -0.2) is 0 Å². The van der Waals surface area contributed by atoms with Crippen molar-refractivity contribution in [3.05, 3.63) is 0 Å². The molecule has 0 spiro atoms. The second-order valence-corrected chi connectivity index (χ2v) is 12.7. The first-order chi connectivity index (χ1) is 12.6. The van der Waals surface area contributed by atoms with Crippen LogP contribution in [0.2, 0.25) is 0 Å². The van der Waals surface area contributed by atoms with Crippen LogP contribution in [0.25, 0.3) is 0 Å². The third-order valence-electron chi connectivity index (χ3n) is 9.69. The fourth-order valence-electron chi connectivity index (χ4n) is 7.39. The van der Waals surface area contributed by atoms with Crippen molar-refractivity contribution in [2.45, 2.75) is 113 Å². The summed E-state index contributed by atoms with van der Waals surface area (Å²) in [5, 5.41) is 0. The third-order valence-corrected chi connectivity index (χ3v) is 9.69. The highest BCUT2D eigenvalue weighted by atomic mass is 14.5. The van der Waals surface area contributed by atoms with Crippen molar-refractivity contribution < 1.29 is 0 Å². The molecule has 0 aromatic heterocycles. The van der Waals surface area contributed by atoms with E-state index in [4.69, 9.17) is 0 Å². The molecule has 7 unspecified atom stereocenters. The fourth-order valence-corrected chi connectivity index (χ4v) is 7.39. The van der Waals surface area contributed by atoms with Crippen molar-refractivity contribution in [1.29, 1.82) is 0 Å². The SMILES string of the molecule is CC1CC2CC(CCC(C)C3CCCC(C)C3CC(C)C(C)(C)C)CC2C1. The molecule has 0 saturated heterocycles. The van der Waals surface area contributed by atoms with Crippen molar-refractivity contribution in [3.8, 4) is 0 Å². The minimum Gasteiger partial charge on any atom is -0.0625 e. The van der Waals surface area contributed by atoms with Gasteiger partial charge in [-0.2, -0.15) is 0 Å². The van der Waals surface area contributed by atoms with E-state index in [9.17, 15) is 0 Å². The molecule has 3 fully saturated rings. The Morgan fingerprint density at radius 3 is 2.11 bits per heavy atom. The van der Waals surface area contributed by atoms with Crippen LogP contribution in [-0.2, 0) is 0 Å². The lowest BCUT2D eigenvalue weighted by Gasteiger charge is -2.43. The second kappa shape index (κ2) is 8.79. The standard InChI is InChI=1S/C27H50/c1-18-13-23-16-22(17-24(23)14-18)12-11-20(3)25-10-8-9-19(2)26(25)15-21(4)27(5,6)7/h18-26H,8-17H2,1-7H3. The number of hydrogen-bond acceptors (Lipinski definition) is 0. The predicted octanol–water partition coefficient (Wildman–Crippen LogP) is 8.60. The van der Waals surface area contributed by atoms with Gasteiger partial charge in [0, 0.05) is 0 Å². The van der Waals surface area contributed by atoms with E-state index >= 15 is 0 Å². The van der Waals surface area contributed by atoms with Crippen LogP contribution in [0, 0.1) is 58.7 Å². The van der Waals surface area contributed by atoms with E-state index < -0.39 is 0 Å². The van der Waals surface area contributed by atoms with Crippen LogP contribution < -0.4 is 0 Å². The Labute approximate surface area is 171 Å². The van der Waals surface area contributed by atoms with Gasteiger partial charge in [-0.3, -0.25) is 0 Å². The molecule has 0 aliphatic heterocycles. The maximum atomic E-state index is 2.62. The van der Waals surface area contributed by atoms with Gasteiger partial charge in [-0.25, -0.2) is 0 Å². The lowest BCUT2D eigenvalue weighted by molar-refractivity contribution is 0.0677.